The van der Waals surface area contributed by atoms with Crippen LogP contribution in [0.15, 0.2) is 0 Å². The Kier molecular flexibility index (Phi) is 18.2. The van der Waals surface area contributed by atoms with Crippen molar-refractivity contribution >= 4 is 5.91 Å². The molecule has 4 heteroatoms. The van der Waals surface area contributed by atoms with Crippen LogP contribution in [-0.2, 0) is 9.53 Å². The summed E-state index contributed by atoms with van der Waals surface area (Å²) in [7, 11) is 0. The standard InChI is InChI=1S/C20H41NO3/c1-3-5-6-7-8-9-10-11-12-13-14-16-24-19(18-22)17-21-20(23)15-4-2/h19,22H,3-18H2,1-2H3,(H,21,23). The number of hydrogen-bond donors (Lipinski definition) is 2. The zero-order valence-corrected chi connectivity index (χ0v) is 16.2. The third kappa shape index (κ3) is 16.3. The Morgan fingerprint density at radius 2 is 1.42 bits per heavy atom. The van der Waals surface area contributed by atoms with Crippen molar-refractivity contribution in [3.05, 3.63) is 0 Å². The molecule has 1 amide bonds. The first-order valence-electron chi connectivity index (χ1n) is 10.2. The number of hydrogen-bond acceptors (Lipinski definition) is 3. The zero-order valence-electron chi connectivity index (χ0n) is 16.2. The van der Waals surface area contributed by atoms with Crippen molar-refractivity contribution in [3.8, 4) is 0 Å². The molecule has 144 valence electrons. The van der Waals surface area contributed by atoms with E-state index in [-0.39, 0.29) is 18.6 Å². The lowest BCUT2D eigenvalue weighted by Crippen LogP contribution is -2.35. The molecule has 0 radical (unpaired) electrons. The molecular weight excluding hydrogens is 302 g/mol. The van der Waals surface area contributed by atoms with Crippen LogP contribution in [-0.4, -0.2) is 36.9 Å². The minimum Gasteiger partial charge on any atom is -0.394 e. The van der Waals surface area contributed by atoms with Gasteiger partial charge in [0.1, 0.15) is 0 Å². The molecule has 0 aromatic heterocycles. The normalized spacial score (nSPS) is 12.3. The highest BCUT2D eigenvalue weighted by Gasteiger charge is 2.09. The highest BCUT2D eigenvalue weighted by molar-refractivity contribution is 5.75. The number of ether oxygens (including phenoxy) is 1. The summed E-state index contributed by atoms with van der Waals surface area (Å²) in [5.41, 5.74) is 0. The molecule has 0 aromatic carbocycles. The minimum atomic E-state index is -0.270. The molecule has 4 nitrogen and oxygen atoms in total. The average Bonchev–Trinajstić information content (AvgIpc) is 2.58. The molecule has 0 aliphatic rings. The highest BCUT2D eigenvalue weighted by atomic mass is 16.5. The molecule has 0 heterocycles. The lowest BCUT2D eigenvalue weighted by atomic mass is 10.1. The van der Waals surface area contributed by atoms with Crippen LogP contribution in [0.2, 0.25) is 0 Å². The lowest BCUT2D eigenvalue weighted by Gasteiger charge is -2.16. The maximum absolute atomic E-state index is 11.4. The van der Waals surface area contributed by atoms with E-state index in [4.69, 9.17) is 4.74 Å². The maximum atomic E-state index is 11.4. The van der Waals surface area contributed by atoms with E-state index in [0.29, 0.717) is 19.6 Å². The van der Waals surface area contributed by atoms with Crippen molar-refractivity contribution < 1.29 is 14.6 Å². The Labute approximate surface area is 149 Å². The van der Waals surface area contributed by atoms with Gasteiger partial charge in [-0.1, -0.05) is 78.1 Å². The molecule has 0 bridgehead atoms. The number of rotatable bonds is 18. The van der Waals surface area contributed by atoms with Gasteiger partial charge in [-0.25, -0.2) is 0 Å². The van der Waals surface area contributed by atoms with Gasteiger partial charge in [-0.3, -0.25) is 4.79 Å². The Morgan fingerprint density at radius 1 is 0.875 bits per heavy atom. The SMILES string of the molecule is CCCCCCCCCCCCCOC(CO)CNC(=O)CCC. The van der Waals surface area contributed by atoms with E-state index in [1.807, 2.05) is 6.92 Å². The van der Waals surface area contributed by atoms with Crippen molar-refractivity contribution in [3.63, 3.8) is 0 Å². The fourth-order valence-electron chi connectivity index (χ4n) is 2.74. The number of aliphatic hydroxyl groups excluding tert-OH is 1. The number of unbranched alkanes of at least 4 members (excludes halogenated alkanes) is 10. The molecule has 1 atom stereocenters. The maximum Gasteiger partial charge on any atom is 0.220 e. The second-order valence-electron chi connectivity index (χ2n) is 6.76. The van der Waals surface area contributed by atoms with Gasteiger partial charge >= 0.3 is 0 Å². The highest BCUT2D eigenvalue weighted by Crippen LogP contribution is 2.11. The van der Waals surface area contributed by atoms with Crippen LogP contribution in [0.3, 0.4) is 0 Å². The molecule has 0 spiro atoms. The van der Waals surface area contributed by atoms with Crippen LogP contribution in [0.25, 0.3) is 0 Å². The van der Waals surface area contributed by atoms with Crippen molar-refractivity contribution in [2.24, 2.45) is 0 Å². The van der Waals surface area contributed by atoms with Gasteiger partial charge in [0.2, 0.25) is 5.91 Å². The Balaban J connectivity index is 3.33. The number of amides is 1. The van der Waals surface area contributed by atoms with Crippen LogP contribution < -0.4 is 5.32 Å². The fourth-order valence-corrected chi connectivity index (χ4v) is 2.74. The average molecular weight is 344 g/mol. The summed E-state index contributed by atoms with van der Waals surface area (Å²) < 4.78 is 5.64. The van der Waals surface area contributed by atoms with E-state index in [9.17, 15) is 9.90 Å². The number of nitrogens with one attached hydrogen (secondary N) is 1. The third-order valence-electron chi connectivity index (χ3n) is 4.31. The second-order valence-corrected chi connectivity index (χ2v) is 6.76. The van der Waals surface area contributed by atoms with E-state index in [0.717, 1.165) is 12.8 Å². The Bertz CT molecular complexity index is 272. The molecule has 0 aromatic rings. The predicted molar refractivity (Wildman–Crippen MR) is 101 cm³/mol. The summed E-state index contributed by atoms with van der Waals surface area (Å²) in [6.07, 6.45) is 15.6. The first-order chi connectivity index (χ1) is 11.7. The summed E-state index contributed by atoms with van der Waals surface area (Å²) >= 11 is 0. The predicted octanol–water partition coefficient (Wildman–Crippen LogP) is 4.59. The van der Waals surface area contributed by atoms with Gasteiger partial charge in [0.05, 0.1) is 12.7 Å². The summed E-state index contributed by atoms with van der Waals surface area (Å²) in [4.78, 5) is 11.4. The quantitative estimate of drug-likeness (QED) is 0.358. The smallest absolute Gasteiger partial charge is 0.220 e. The van der Waals surface area contributed by atoms with Crippen molar-refractivity contribution in [2.75, 3.05) is 19.8 Å². The van der Waals surface area contributed by atoms with Crippen molar-refractivity contribution in [1.82, 2.24) is 5.32 Å². The molecule has 0 saturated heterocycles. The summed E-state index contributed by atoms with van der Waals surface area (Å²) in [6, 6.07) is 0. The van der Waals surface area contributed by atoms with Gasteiger partial charge in [0, 0.05) is 19.6 Å². The molecule has 0 rings (SSSR count). The zero-order chi connectivity index (χ0) is 17.9. The van der Waals surface area contributed by atoms with Crippen molar-refractivity contribution in [2.45, 2.75) is 103 Å². The lowest BCUT2D eigenvalue weighted by molar-refractivity contribution is -0.122. The van der Waals surface area contributed by atoms with Crippen LogP contribution in [0, 0.1) is 0 Å². The van der Waals surface area contributed by atoms with Crippen LogP contribution in [0.5, 0.6) is 0 Å². The van der Waals surface area contributed by atoms with E-state index in [1.165, 1.54) is 64.2 Å². The van der Waals surface area contributed by atoms with Gasteiger partial charge in [0.15, 0.2) is 0 Å². The van der Waals surface area contributed by atoms with Gasteiger partial charge < -0.3 is 15.2 Å². The van der Waals surface area contributed by atoms with Crippen LogP contribution in [0.1, 0.15) is 97.3 Å². The molecule has 0 aliphatic heterocycles. The summed E-state index contributed by atoms with van der Waals surface area (Å²) in [5, 5.41) is 12.1. The second kappa shape index (κ2) is 18.7. The third-order valence-corrected chi connectivity index (χ3v) is 4.31. The van der Waals surface area contributed by atoms with E-state index in [2.05, 4.69) is 12.2 Å². The van der Waals surface area contributed by atoms with Gasteiger partial charge in [-0.05, 0) is 12.8 Å². The number of carbonyl (C=O) groups is 1. The van der Waals surface area contributed by atoms with Gasteiger partial charge in [0.25, 0.3) is 0 Å². The fraction of sp³-hybridized carbons (Fsp3) is 0.950. The molecule has 2 N–H and O–H groups in total. The molecule has 0 fully saturated rings. The summed E-state index contributed by atoms with van der Waals surface area (Å²) in [6.45, 7) is 5.28. The largest absolute Gasteiger partial charge is 0.394 e. The molecule has 0 saturated carbocycles. The molecule has 0 aliphatic carbocycles. The minimum absolute atomic E-state index is 0.0363. The van der Waals surface area contributed by atoms with Crippen LogP contribution >= 0.6 is 0 Å². The Hall–Kier alpha value is -0.610. The van der Waals surface area contributed by atoms with E-state index in [1.54, 1.807) is 0 Å². The number of carbonyl (C=O) groups excluding carboxylic acids is 1. The van der Waals surface area contributed by atoms with Gasteiger partial charge in [-0.15, -0.1) is 0 Å². The van der Waals surface area contributed by atoms with E-state index >= 15 is 0 Å². The van der Waals surface area contributed by atoms with Crippen LogP contribution in [0.4, 0.5) is 0 Å². The van der Waals surface area contributed by atoms with Crippen molar-refractivity contribution in [1.29, 1.82) is 0 Å². The van der Waals surface area contributed by atoms with E-state index < -0.39 is 0 Å². The summed E-state index contributed by atoms with van der Waals surface area (Å²) in [5.74, 6) is 0.0363. The molecule has 24 heavy (non-hydrogen) atoms. The van der Waals surface area contributed by atoms with Gasteiger partial charge in [-0.2, -0.15) is 0 Å². The topological polar surface area (TPSA) is 58.6 Å². The first kappa shape index (κ1) is 23.4. The Morgan fingerprint density at radius 3 is 1.92 bits per heavy atom. The molecular formula is C20H41NO3. The molecule has 1 unspecified atom stereocenters. The monoisotopic (exact) mass is 343 g/mol. The number of aliphatic hydroxyl groups is 1. The first-order valence-corrected chi connectivity index (χ1v) is 10.2.